The molecule has 0 radical (unpaired) electrons. The summed E-state index contributed by atoms with van der Waals surface area (Å²) in [6.45, 7) is 0. The van der Waals surface area contributed by atoms with E-state index in [0.717, 1.165) is 0 Å². The van der Waals surface area contributed by atoms with Crippen molar-refractivity contribution in [2.24, 2.45) is 0 Å². The number of hydrogen-bond donors (Lipinski definition) is 0. The van der Waals surface area contributed by atoms with Crippen molar-refractivity contribution >= 4 is 17.1 Å². The number of benzene rings is 1. The van der Waals surface area contributed by atoms with E-state index in [4.69, 9.17) is 4.74 Å². The van der Waals surface area contributed by atoms with Crippen LogP contribution in [0.5, 0.6) is 5.19 Å². The molecule has 0 aliphatic rings. The Morgan fingerprint density at radius 3 is 2.67 bits per heavy atom. The number of carbonyl (C=O) groups is 1. The zero-order chi connectivity index (χ0) is 10.7. The molecule has 76 valence electrons. The normalized spacial score (nSPS) is 9.93. The summed E-state index contributed by atoms with van der Waals surface area (Å²) < 4.78 is 4.94. The highest BCUT2D eigenvalue weighted by molar-refractivity contribution is 7.15. The Labute approximate surface area is 91.4 Å². The van der Waals surface area contributed by atoms with Crippen LogP contribution in [0.2, 0.25) is 0 Å². The van der Waals surface area contributed by atoms with Gasteiger partial charge in [0, 0.05) is 5.56 Å². The van der Waals surface area contributed by atoms with Crippen molar-refractivity contribution < 1.29 is 9.53 Å². The Hall–Kier alpha value is -1.68. The second-order valence-electron chi connectivity index (χ2n) is 2.89. The van der Waals surface area contributed by atoms with Gasteiger partial charge >= 0.3 is 0 Å². The number of hydrogen-bond acceptors (Lipinski definition) is 4. The molecule has 1 aromatic heterocycles. The van der Waals surface area contributed by atoms with Gasteiger partial charge in [0.2, 0.25) is 5.78 Å². The van der Waals surface area contributed by atoms with Crippen LogP contribution in [0, 0.1) is 0 Å². The highest BCUT2D eigenvalue weighted by Gasteiger charge is 2.12. The fraction of sp³-hybridized carbons (Fsp3) is 0.0909. The molecule has 0 aliphatic heterocycles. The lowest BCUT2D eigenvalue weighted by Gasteiger charge is -1.95. The van der Waals surface area contributed by atoms with E-state index in [1.165, 1.54) is 18.4 Å². The van der Waals surface area contributed by atoms with Gasteiger partial charge in [-0.25, -0.2) is 4.98 Å². The number of aromatic nitrogens is 1. The van der Waals surface area contributed by atoms with Crippen LogP contribution in [-0.2, 0) is 0 Å². The summed E-state index contributed by atoms with van der Waals surface area (Å²) in [6.07, 6.45) is 1.54. The van der Waals surface area contributed by atoms with Gasteiger partial charge in [0.15, 0.2) is 0 Å². The van der Waals surface area contributed by atoms with Gasteiger partial charge in [-0.3, -0.25) is 4.79 Å². The highest BCUT2D eigenvalue weighted by Crippen LogP contribution is 2.22. The molecule has 0 fully saturated rings. The standard InChI is InChI=1S/C11H9NO2S/c1-14-11-12-7-9(15-11)10(13)8-5-3-2-4-6-8/h2-7H,1H3. The van der Waals surface area contributed by atoms with Gasteiger partial charge in [0.1, 0.15) is 0 Å². The van der Waals surface area contributed by atoms with E-state index in [-0.39, 0.29) is 5.78 Å². The summed E-state index contributed by atoms with van der Waals surface area (Å²) in [5.74, 6) is -0.0172. The zero-order valence-corrected chi connectivity index (χ0v) is 8.95. The third-order valence-electron chi connectivity index (χ3n) is 1.92. The number of nitrogens with zero attached hydrogens (tertiary/aromatic N) is 1. The maximum Gasteiger partial charge on any atom is 0.273 e. The predicted octanol–water partition coefficient (Wildman–Crippen LogP) is 2.38. The lowest BCUT2D eigenvalue weighted by atomic mass is 10.1. The number of rotatable bonds is 3. The largest absolute Gasteiger partial charge is 0.473 e. The van der Waals surface area contributed by atoms with E-state index in [1.807, 2.05) is 18.2 Å². The lowest BCUT2D eigenvalue weighted by Crippen LogP contribution is -1.97. The maximum absolute atomic E-state index is 11.9. The van der Waals surface area contributed by atoms with Crippen molar-refractivity contribution in [1.82, 2.24) is 4.98 Å². The molecule has 0 spiro atoms. The minimum absolute atomic E-state index is 0.0172. The first kappa shape index (κ1) is 9.86. The minimum Gasteiger partial charge on any atom is -0.473 e. The molecule has 0 bridgehead atoms. The van der Waals surface area contributed by atoms with Crippen molar-refractivity contribution in [3.05, 3.63) is 47.0 Å². The van der Waals surface area contributed by atoms with Crippen molar-refractivity contribution in [2.45, 2.75) is 0 Å². The van der Waals surface area contributed by atoms with Crippen molar-refractivity contribution in [3.63, 3.8) is 0 Å². The molecule has 1 heterocycles. The van der Waals surface area contributed by atoms with E-state index in [0.29, 0.717) is 15.6 Å². The first-order chi connectivity index (χ1) is 7.31. The molecule has 0 atom stereocenters. The molecule has 0 aliphatic carbocycles. The van der Waals surface area contributed by atoms with E-state index < -0.39 is 0 Å². The zero-order valence-electron chi connectivity index (χ0n) is 8.14. The van der Waals surface area contributed by atoms with Crippen LogP contribution in [-0.4, -0.2) is 17.9 Å². The Morgan fingerprint density at radius 1 is 1.33 bits per heavy atom. The monoisotopic (exact) mass is 219 g/mol. The van der Waals surface area contributed by atoms with Gasteiger partial charge in [-0.2, -0.15) is 0 Å². The maximum atomic E-state index is 11.9. The van der Waals surface area contributed by atoms with Crippen LogP contribution < -0.4 is 4.74 Å². The molecule has 0 N–H and O–H groups in total. The molecule has 4 heteroatoms. The fourth-order valence-corrected chi connectivity index (χ4v) is 1.88. The Morgan fingerprint density at radius 2 is 2.07 bits per heavy atom. The molecule has 15 heavy (non-hydrogen) atoms. The lowest BCUT2D eigenvalue weighted by molar-refractivity contribution is 0.104. The number of carbonyl (C=O) groups excluding carboxylic acids is 1. The van der Waals surface area contributed by atoms with E-state index in [2.05, 4.69) is 4.98 Å². The summed E-state index contributed by atoms with van der Waals surface area (Å²) in [5.41, 5.74) is 0.670. The molecular formula is C11H9NO2S. The van der Waals surface area contributed by atoms with Gasteiger partial charge in [-0.15, -0.1) is 0 Å². The third kappa shape index (κ3) is 2.05. The molecule has 0 unspecified atom stereocenters. The second kappa shape index (κ2) is 4.23. The van der Waals surface area contributed by atoms with Crippen molar-refractivity contribution in [2.75, 3.05) is 7.11 Å². The Bertz CT molecular complexity index is 464. The van der Waals surface area contributed by atoms with E-state index in [9.17, 15) is 4.79 Å². The van der Waals surface area contributed by atoms with Gasteiger partial charge < -0.3 is 4.74 Å². The molecule has 3 nitrogen and oxygen atoms in total. The molecule has 2 aromatic rings. The van der Waals surface area contributed by atoms with Crippen LogP contribution in [0.25, 0.3) is 0 Å². The number of ether oxygens (including phenoxy) is 1. The van der Waals surface area contributed by atoms with Gasteiger partial charge in [-0.1, -0.05) is 41.7 Å². The summed E-state index contributed by atoms with van der Waals surface area (Å²) in [4.78, 5) is 16.4. The van der Waals surface area contributed by atoms with Gasteiger partial charge in [-0.05, 0) is 0 Å². The SMILES string of the molecule is COc1ncc(C(=O)c2ccccc2)s1. The average molecular weight is 219 g/mol. The molecule has 2 rings (SSSR count). The summed E-state index contributed by atoms with van der Waals surface area (Å²) in [5, 5.41) is 0.509. The fourth-order valence-electron chi connectivity index (χ4n) is 1.19. The van der Waals surface area contributed by atoms with Crippen molar-refractivity contribution in [1.29, 1.82) is 0 Å². The molecule has 0 saturated heterocycles. The molecule has 1 aromatic carbocycles. The van der Waals surface area contributed by atoms with E-state index in [1.54, 1.807) is 18.3 Å². The smallest absolute Gasteiger partial charge is 0.273 e. The third-order valence-corrected chi connectivity index (χ3v) is 2.88. The summed E-state index contributed by atoms with van der Waals surface area (Å²) >= 11 is 1.25. The molecule has 0 amide bonds. The highest BCUT2D eigenvalue weighted by atomic mass is 32.1. The first-order valence-corrected chi connectivity index (χ1v) is 5.22. The molecular weight excluding hydrogens is 210 g/mol. The number of ketones is 1. The van der Waals surface area contributed by atoms with Crippen LogP contribution in [0.15, 0.2) is 36.5 Å². The second-order valence-corrected chi connectivity index (χ2v) is 3.88. The Kier molecular flexibility index (Phi) is 2.78. The van der Waals surface area contributed by atoms with Crippen LogP contribution in [0.3, 0.4) is 0 Å². The summed E-state index contributed by atoms with van der Waals surface area (Å²) in [6, 6.07) is 9.13. The topological polar surface area (TPSA) is 39.2 Å². The quantitative estimate of drug-likeness (QED) is 0.744. The van der Waals surface area contributed by atoms with Crippen LogP contribution in [0.4, 0.5) is 0 Å². The van der Waals surface area contributed by atoms with Crippen LogP contribution in [0.1, 0.15) is 15.2 Å². The van der Waals surface area contributed by atoms with Gasteiger partial charge in [0.25, 0.3) is 5.19 Å². The Balaban J connectivity index is 2.29. The minimum atomic E-state index is -0.0172. The van der Waals surface area contributed by atoms with Gasteiger partial charge in [0.05, 0.1) is 18.2 Å². The number of methoxy groups -OCH3 is 1. The van der Waals surface area contributed by atoms with Crippen molar-refractivity contribution in [3.8, 4) is 5.19 Å². The number of thiazole rings is 1. The summed E-state index contributed by atoms with van der Waals surface area (Å²) in [7, 11) is 1.54. The predicted molar refractivity (Wildman–Crippen MR) is 58.5 cm³/mol. The van der Waals surface area contributed by atoms with E-state index >= 15 is 0 Å². The van der Waals surface area contributed by atoms with Crippen LogP contribution >= 0.6 is 11.3 Å². The molecule has 0 saturated carbocycles. The average Bonchev–Trinajstić information content (AvgIpc) is 2.78. The first-order valence-electron chi connectivity index (χ1n) is 4.41.